The van der Waals surface area contributed by atoms with Gasteiger partial charge in [0.25, 0.3) is 0 Å². The summed E-state index contributed by atoms with van der Waals surface area (Å²) >= 11 is 0. The fourth-order valence-corrected chi connectivity index (χ4v) is 3.69. The molecule has 0 amide bonds. The second-order valence-electron chi connectivity index (χ2n) is 7.59. The maximum absolute atomic E-state index is 13.1. The van der Waals surface area contributed by atoms with Gasteiger partial charge in [0.1, 0.15) is 0 Å². The third-order valence-corrected chi connectivity index (χ3v) is 5.40. The van der Waals surface area contributed by atoms with E-state index in [1.54, 1.807) is 0 Å². The minimum absolute atomic E-state index is 0.264. The summed E-state index contributed by atoms with van der Waals surface area (Å²) in [7, 11) is 0. The average molecular weight is 371 g/mol. The molecule has 2 unspecified atom stereocenters. The van der Waals surface area contributed by atoms with Gasteiger partial charge < -0.3 is 9.84 Å². The van der Waals surface area contributed by atoms with Gasteiger partial charge in [0, 0.05) is 0 Å². The number of hydrogen-bond donors (Lipinski definition) is 1. The van der Waals surface area contributed by atoms with E-state index in [-0.39, 0.29) is 5.97 Å². The van der Waals surface area contributed by atoms with Gasteiger partial charge in [-0.3, -0.25) is 9.59 Å². The number of carbonyl (C=O) groups excluding carboxylic acids is 1. The molecule has 4 heteroatoms. The highest BCUT2D eigenvalue weighted by Crippen LogP contribution is 2.43. The molecule has 0 spiro atoms. The lowest BCUT2D eigenvalue weighted by atomic mass is 9.66. The smallest absolute Gasteiger partial charge is 0.312 e. The molecule has 0 bridgehead atoms. The Labute approximate surface area is 161 Å². The van der Waals surface area contributed by atoms with Crippen molar-refractivity contribution in [1.82, 2.24) is 0 Å². The summed E-state index contributed by atoms with van der Waals surface area (Å²) in [4.78, 5) is 25.3. The van der Waals surface area contributed by atoms with E-state index in [9.17, 15) is 14.7 Å². The lowest BCUT2D eigenvalue weighted by Gasteiger charge is -2.37. The summed E-state index contributed by atoms with van der Waals surface area (Å²) in [6, 6.07) is 0. The normalized spacial score (nSPS) is 14.6. The van der Waals surface area contributed by atoms with E-state index in [1.165, 1.54) is 0 Å². The van der Waals surface area contributed by atoms with Crippen molar-refractivity contribution in [3.05, 3.63) is 0 Å². The van der Waals surface area contributed by atoms with E-state index in [4.69, 9.17) is 4.74 Å². The van der Waals surface area contributed by atoms with Crippen molar-refractivity contribution < 1.29 is 19.4 Å². The molecule has 0 radical (unpaired) electrons. The summed E-state index contributed by atoms with van der Waals surface area (Å²) in [5.74, 6) is -1.73. The minimum Gasteiger partial charge on any atom is -0.481 e. The standard InChI is InChI=1S/C22H42O4/c1-5-9-13-15-19(20(23)24)22(16-11-7-3,17-14-10-6-2)21(25)26-18-12-8-4/h19H,5-18H2,1-4H3,(H,23,24). The van der Waals surface area contributed by atoms with Crippen LogP contribution in [0.15, 0.2) is 0 Å². The largest absolute Gasteiger partial charge is 0.481 e. The molecule has 4 nitrogen and oxygen atoms in total. The Morgan fingerprint density at radius 2 is 1.35 bits per heavy atom. The Hall–Kier alpha value is -1.06. The lowest BCUT2D eigenvalue weighted by molar-refractivity contribution is -0.170. The molecule has 0 saturated heterocycles. The van der Waals surface area contributed by atoms with E-state index >= 15 is 0 Å². The van der Waals surface area contributed by atoms with Crippen molar-refractivity contribution in [2.45, 2.75) is 111 Å². The van der Waals surface area contributed by atoms with Crippen molar-refractivity contribution in [2.24, 2.45) is 11.3 Å². The van der Waals surface area contributed by atoms with Gasteiger partial charge in [0.05, 0.1) is 17.9 Å². The fourth-order valence-electron chi connectivity index (χ4n) is 3.69. The van der Waals surface area contributed by atoms with E-state index in [2.05, 4.69) is 27.7 Å². The summed E-state index contributed by atoms with van der Waals surface area (Å²) in [5, 5.41) is 9.98. The number of carbonyl (C=O) groups is 2. The van der Waals surface area contributed by atoms with Crippen LogP contribution in [0.4, 0.5) is 0 Å². The lowest BCUT2D eigenvalue weighted by Crippen LogP contribution is -2.44. The van der Waals surface area contributed by atoms with Crippen molar-refractivity contribution in [1.29, 1.82) is 0 Å². The molecule has 1 N–H and O–H groups in total. The molecular weight excluding hydrogens is 328 g/mol. The minimum atomic E-state index is -0.863. The highest BCUT2D eigenvalue weighted by molar-refractivity contribution is 5.84. The van der Waals surface area contributed by atoms with Gasteiger partial charge in [-0.25, -0.2) is 0 Å². The van der Waals surface area contributed by atoms with Crippen LogP contribution in [0.3, 0.4) is 0 Å². The maximum atomic E-state index is 13.1. The first kappa shape index (κ1) is 24.9. The first-order chi connectivity index (χ1) is 12.5. The van der Waals surface area contributed by atoms with Crippen LogP contribution >= 0.6 is 0 Å². The molecule has 26 heavy (non-hydrogen) atoms. The van der Waals surface area contributed by atoms with Gasteiger partial charge in [-0.2, -0.15) is 0 Å². The van der Waals surface area contributed by atoms with Crippen LogP contribution in [-0.4, -0.2) is 23.7 Å². The second-order valence-corrected chi connectivity index (χ2v) is 7.59. The quantitative estimate of drug-likeness (QED) is 0.239. The Morgan fingerprint density at radius 3 is 1.88 bits per heavy atom. The zero-order valence-electron chi connectivity index (χ0n) is 17.6. The molecule has 0 aliphatic carbocycles. The zero-order chi connectivity index (χ0) is 19.8. The molecule has 0 aromatic heterocycles. The SMILES string of the molecule is CCCCCC(C(=O)O)C(CCCC)(CCCCC)C(=O)OCCCC. The second kappa shape index (κ2) is 15.0. The number of aliphatic carboxylic acids is 1. The summed E-state index contributed by atoms with van der Waals surface area (Å²) in [5.41, 5.74) is -0.863. The van der Waals surface area contributed by atoms with Gasteiger partial charge in [0.2, 0.25) is 0 Å². The Kier molecular flexibility index (Phi) is 14.4. The number of rotatable bonds is 17. The van der Waals surface area contributed by atoms with Crippen LogP contribution in [0, 0.1) is 11.3 Å². The molecule has 0 rings (SSSR count). The number of unbranched alkanes of at least 4 members (excludes halogenated alkanes) is 6. The van der Waals surface area contributed by atoms with Crippen LogP contribution in [-0.2, 0) is 14.3 Å². The molecule has 0 aliphatic rings. The molecular formula is C22H42O4. The molecule has 0 aromatic rings. The van der Waals surface area contributed by atoms with Gasteiger partial charge in [0.15, 0.2) is 0 Å². The molecule has 154 valence electrons. The highest BCUT2D eigenvalue weighted by Gasteiger charge is 2.49. The first-order valence-electron chi connectivity index (χ1n) is 10.9. The molecule has 0 aliphatic heterocycles. The summed E-state index contributed by atoms with van der Waals surface area (Å²) in [6.07, 6.45) is 11.3. The molecule has 0 saturated carbocycles. The van der Waals surface area contributed by atoms with Gasteiger partial charge in [-0.1, -0.05) is 85.5 Å². The molecule has 2 atom stereocenters. The first-order valence-corrected chi connectivity index (χ1v) is 10.9. The predicted octanol–water partition coefficient (Wildman–Crippen LogP) is 6.37. The monoisotopic (exact) mass is 370 g/mol. The van der Waals surface area contributed by atoms with Crippen molar-refractivity contribution in [3.63, 3.8) is 0 Å². The van der Waals surface area contributed by atoms with Gasteiger partial charge in [-0.05, 0) is 25.7 Å². The number of carboxylic acid groups (broad SMARTS) is 1. The highest BCUT2D eigenvalue weighted by atomic mass is 16.5. The fraction of sp³-hybridized carbons (Fsp3) is 0.909. The van der Waals surface area contributed by atoms with Crippen LogP contribution in [0.5, 0.6) is 0 Å². The van der Waals surface area contributed by atoms with Crippen molar-refractivity contribution in [2.75, 3.05) is 6.61 Å². The van der Waals surface area contributed by atoms with E-state index in [0.717, 1.165) is 64.2 Å². The Bertz CT molecular complexity index is 380. The van der Waals surface area contributed by atoms with Crippen molar-refractivity contribution >= 4 is 11.9 Å². The van der Waals surface area contributed by atoms with Crippen LogP contribution < -0.4 is 0 Å². The average Bonchev–Trinajstić information content (AvgIpc) is 2.62. The third kappa shape index (κ3) is 8.55. The topological polar surface area (TPSA) is 63.6 Å². The number of carboxylic acids is 1. The molecule has 0 aromatic carbocycles. The Morgan fingerprint density at radius 1 is 0.808 bits per heavy atom. The zero-order valence-corrected chi connectivity index (χ0v) is 17.6. The Balaban J connectivity index is 5.58. The van der Waals surface area contributed by atoms with E-state index < -0.39 is 17.3 Å². The van der Waals surface area contributed by atoms with Crippen molar-refractivity contribution in [3.8, 4) is 0 Å². The van der Waals surface area contributed by atoms with E-state index in [1.807, 2.05) is 0 Å². The van der Waals surface area contributed by atoms with Gasteiger partial charge >= 0.3 is 11.9 Å². The molecule has 0 heterocycles. The van der Waals surface area contributed by atoms with Crippen LogP contribution in [0.1, 0.15) is 111 Å². The van der Waals surface area contributed by atoms with Crippen LogP contribution in [0.2, 0.25) is 0 Å². The van der Waals surface area contributed by atoms with E-state index in [0.29, 0.717) is 25.9 Å². The number of esters is 1. The number of hydrogen-bond acceptors (Lipinski definition) is 3. The number of ether oxygens (including phenoxy) is 1. The maximum Gasteiger partial charge on any atom is 0.312 e. The predicted molar refractivity (Wildman–Crippen MR) is 107 cm³/mol. The van der Waals surface area contributed by atoms with Gasteiger partial charge in [-0.15, -0.1) is 0 Å². The van der Waals surface area contributed by atoms with Crippen LogP contribution in [0.25, 0.3) is 0 Å². The third-order valence-electron chi connectivity index (χ3n) is 5.40. The molecule has 0 fully saturated rings. The summed E-state index contributed by atoms with van der Waals surface area (Å²) in [6.45, 7) is 8.79. The summed E-state index contributed by atoms with van der Waals surface area (Å²) < 4.78 is 5.61.